The quantitative estimate of drug-likeness (QED) is 0.604. The van der Waals surface area contributed by atoms with Crippen LogP contribution in [0, 0.1) is 6.92 Å². The Labute approximate surface area is 161 Å². The van der Waals surface area contributed by atoms with Crippen LogP contribution >= 0.6 is 12.2 Å². The lowest BCUT2D eigenvalue weighted by Crippen LogP contribution is -2.35. The molecule has 27 heavy (non-hydrogen) atoms. The number of nitrogens with one attached hydrogen (secondary N) is 2. The topological polar surface area (TPSA) is 102 Å². The maximum Gasteiger partial charge on any atom is 0.257 e. The average Bonchev–Trinajstić information content (AvgIpc) is 3.06. The zero-order chi connectivity index (χ0) is 19.4. The maximum atomic E-state index is 12.2. The maximum absolute atomic E-state index is 12.2. The first-order valence-corrected chi connectivity index (χ1v) is 8.49. The third kappa shape index (κ3) is 4.18. The van der Waals surface area contributed by atoms with Crippen LogP contribution in [0.4, 0.5) is 5.82 Å². The van der Waals surface area contributed by atoms with Gasteiger partial charge >= 0.3 is 0 Å². The Kier molecular flexibility index (Phi) is 5.28. The predicted octanol–water partition coefficient (Wildman–Crippen LogP) is 2.41. The first-order valence-electron chi connectivity index (χ1n) is 8.08. The van der Waals surface area contributed by atoms with Crippen molar-refractivity contribution in [2.45, 2.75) is 6.92 Å². The van der Waals surface area contributed by atoms with Crippen molar-refractivity contribution in [2.75, 3.05) is 5.32 Å². The van der Waals surface area contributed by atoms with Crippen LogP contribution in [-0.2, 0) is 0 Å². The molecule has 3 rings (SSSR count). The second-order valence-electron chi connectivity index (χ2n) is 5.79. The van der Waals surface area contributed by atoms with Crippen LogP contribution in [0.3, 0.4) is 0 Å². The molecule has 0 aliphatic carbocycles. The first kappa shape index (κ1) is 18.3. The highest BCUT2D eigenvalue weighted by Crippen LogP contribution is 2.20. The molecule has 136 valence electrons. The number of carbonyl (C=O) groups is 2. The van der Waals surface area contributed by atoms with Gasteiger partial charge in [-0.15, -0.1) is 0 Å². The second-order valence-corrected chi connectivity index (χ2v) is 6.20. The van der Waals surface area contributed by atoms with Crippen LogP contribution in [0.15, 0.2) is 60.8 Å². The van der Waals surface area contributed by atoms with Gasteiger partial charge in [-0.05, 0) is 43.4 Å². The van der Waals surface area contributed by atoms with E-state index in [1.54, 1.807) is 24.3 Å². The summed E-state index contributed by atoms with van der Waals surface area (Å²) in [5.41, 5.74) is 7.86. The smallest absolute Gasteiger partial charge is 0.257 e. The number of thiocarbonyl (C=S) groups is 1. The van der Waals surface area contributed by atoms with Gasteiger partial charge in [0.05, 0.1) is 11.9 Å². The molecule has 0 aliphatic heterocycles. The monoisotopic (exact) mass is 379 g/mol. The van der Waals surface area contributed by atoms with Gasteiger partial charge in [0.1, 0.15) is 11.4 Å². The van der Waals surface area contributed by atoms with E-state index in [9.17, 15) is 9.59 Å². The molecule has 0 saturated carbocycles. The van der Waals surface area contributed by atoms with Gasteiger partial charge in [0, 0.05) is 5.56 Å². The number of amides is 2. The second kappa shape index (κ2) is 7.79. The van der Waals surface area contributed by atoms with E-state index in [0.717, 1.165) is 5.56 Å². The Morgan fingerprint density at radius 1 is 1.07 bits per heavy atom. The number of benzene rings is 2. The Morgan fingerprint density at radius 3 is 2.37 bits per heavy atom. The summed E-state index contributed by atoms with van der Waals surface area (Å²) in [7, 11) is 0. The highest BCUT2D eigenvalue weighted by molar-refractivity contribution is 7.80. The van der Waals surface area contributed by atoms with E-state index < -0.39 is 5.91 Å². The molecule has 2 aromatic carbocycles. The fraction of sp³-hybridized carbons (Fsp3) is 0.0526. The van der Waals surface area contributed by atoms with E-state index in [1.807, 2.05) is 37.3 Å². The number of carbonyl (C=O) groups excluding carboxylic acids is 2. The lowest BCUT2D eigenvalue weighted by Gasteiger charge is -2.13. The van der Waals surface area contributed by atoms with E-state index in [-0.39, 0.29) is 22.4 Å². The molecule has 0 saturated heterocycles. The zero-order valence-corrected chi connectivity index (χ0v) is 15.3. The SMILES string of the molecule is Cc1ccc(-n2ncc(C(N)=O)c2NC(=S)NC(=O)c2ccccc2)cc1. The summed E-state index contributed by atoms with van der Waals surface area (Å²) in [5.74, 6) is -0.743. The van der Waals surface area contributed by atoms with Gasteiger partial charge in [-0.3, -0.25) is 14.9 Å². The minimum Gasteiger partial charge on any atom is -0.365 e. The molecule has 8 heteroatoms. The molecular formula is C19H17N5O2S. The molecule has 0 aliphatic rings. The molecule has 4 N–H and O–H groups in total. The number of nitrogens with zero attached hydrogens (tertiary/aromatic N) is 2. The van der Waals surface area contributed by atoms with E-state index in [2.05, 4.69) is 15.7 Å². The molecule has 1 aromatic heterocycles. The fourth-order valence-corrected chi connectivity index (χ4v) is 2.62. The van der Waals surface area contributed by atoms with Crippen molar-refractivity contribution in [3.8, 4) is 5.69 Å². The number of nitrogens with two attached hydrogens (primary N) is 1. The van der Waals surface area contributed by atoms with Gasteiger partial charge in [-0.25, -0.2) is 4.68 Å². The van der Waals surface area contributed by atoms with Gasteiger partial charge in [0.25, 0.3) is 11.8 Å². The Bertz CT molecular complexity index is 997. The molecule has 0 unspecified atom stereocenters. The normalized spacial score (nSPS) is 10.3. The van der Waals surface area contributed by atoms with E-state index in [4.69, 9.17) is 18.0 Å². The Balaban J connectivity index is 1.85. The fourth-order valence-electron chi connectivity index (χ4n) is 2.43. The summed E-state index contributed by atoms with van der Waals surface area (Å²) in [6.45, 7) is 1.97. The van der Waals surface area contributed by atoms with E-state index in [0.29, 0.717) is 11.3 Å². The summed E-state index contributed by atoms with van der Waals surface area (Å²) in [6, 6.07) is 16.2. The minimum atomic E-state index is -0.659. The van der Waals surface area contributed by atoms with E-state index in [1.165, 1.54) is 10.9 Å². The van der Waals surface area contributed by atoms with Gasteiger partial charge in [-0.1, -0.05) is 35.9 Å². The van der Waals surface area contributed by atoms with E-state index >= 15 is 0 Å². The van der Waals surface area contributed by atoms with Crippen LogP contribution in [0.5, 0.6) is 0 Å². The molecule has 0 bridgehead atoms. The van der Waals surface area contributed by atoms with Crippen molar-refractivity contribution in [2.24, 2.45) is 5.73 Å². The molecule has 0 atom stereocenters. The third-order valence-electron chi connectivity index (χ3n) is 3.81. The number of aromatic nitrogens is 2. The first-order chi connectivity index (χ1) is 13.0. The molecule has 1 heterocycles. The van der Waals surface area contributed by atoms with Crippen molar-refractivity contribution in [1.29, 1.82) is 0 Å². The van der Waals surface area contributed by atoms with Crippen molar-refractivity contribution in [1.82, 2.24) is 15.1 Å². The third-order valence-corrected chi connectivity index (χ3v) is 4.01. The lowest BCUT2D eigenvalue weighted by atomic mass is 10.2. The number of rotatable bonds is 4. The summed E-state index contributed by atoms with van der Waals surface area (Å²) >= 11 is 5.22. The number of aryl methyl sites for hydroxylation is 1. The van der Waals surface area contributed by atoms with Crippen molar-refractivity contribution < 1.29 is 9.59 Å². The Hall–Kier alpha value is -3.52. The van der Waals surface area contributed by atoms with Crippen LogP contribution in [-0.4, -0.2) is 26.7 Å². The molecule has 0 fully saturated rings. The minimum absolute atomic E-state index is 0.0280. The van der Waals surface area contributed by atoms with Crippen LogP contribution in [0.2, 0.25) is 0 Å². The number of primary amides is 1. The zero-order valence-electron chi connectivity index (χ0n) is 14.5. The van der Waals surface area contributed by atoms with Crippen molar-refractivity contribution >= 4 is 35.0 Å². The molecular weight excluding hydrogens is 362 g/mol. The van der Waals surface area contributed by atoms with Crippen LogP contribution < -0.4 is 16.4 Å². The average molecular weight is 379 g/mol. The predicted molar refractivity (Wildman–Crippen MR) is 107 cm³/mol. The van der Waals surface area contributed by atoms with Gasteiger partial charge in [0.2, 0.25) is 0 Å². The van der Waals surface area contributed by atoms with Gasteiger partial charge < -0.3 is 11.1 Å². The highest BCUT2D eigenvalue weighted by Gasteiger charge is 2.18. The van der Waals surface area contributed by atoms with Gasteiger partial charge in [-0.2, -0.15) is 5.10 Å². The highest BCUT2D eigenvalue weighted by atomic mass is 32.1. The molecule has 0 spiro atoms. The summed E-state index contributed by atoms with van der Waals surface area (Å²) < 4.78 is 1.50. The number of anilines is 1. The summed E-state index contributed by atoms with van der Waals surface area (Å²) in [6.07, 6.45) is 1.35. The van der Waals surface area contributed by atoms with Crippen molar-refractivity contribution in [3.63, 3.8) is 0 Å². The standard InChI is InChI=1S/C19H17N5O2S/c1-12-7-9-14(10-8-12)24-17(15(11-21-24)16(20)25)22-19(27)23-18(26)13-5-3-2-4-6-13/h2-11H,1H3,(H2,20,25)(H2,22,23,26,27). The molecule has 2 amide bonds. The molecule has 0 radical (unpaired) electrons. The van der Waals surface area contributed by atoms with Crippen molar-refractivity contribution in [3.05, 3.63) is 77.5 Å². The largest absolute Gasteiger partial charge is 0.365 e. The van der Waals surface area contributed by atoms with Crippen LogP contribution in [0.25, 0.3) is 5.69 Å². The van der Waals surface area contributed by atoms with Crippen LogP contribution in [0.1, 0.15) is 26.3 Å². The summed E-state index contributed by atoms with van der Waals surface area (Å²) in [5, 5.41) is 9.67. The van der Waals surface area contributed by atoms with Gasteiger partial charge in [0.15, 0.2) is 5.11 Å². The molecule has 7 nitrogen and oxygen atoms in total. The lowest BCUT2D eigenvalue weighted by molar-refractivity contribution is 0.0975. The molecule has 3 aromatic rings. The Morgan fingerprint density at radius 2 is 1.74 bits per heavy atom. The number of hydrogen-bond acceptors (Lipinski definition) is 4. The summed E-state index contributed by atoms with van der Waals surface area (Å²) in [4.78, 5) is 24.0. The number of hydrogen-bond donors (Lipinski definition) is 3.